The van der Waals surface area contributed by atoms with Gasteiger partial charge < -0.3 is 19.9 Å². The van der Waals surface area contributed by atoms with Gasteiger partial charge in [0.1, 0.15) is 6.61 Å². The molecule has 5 nitrogen and oxygen atoms in total. The number of hydrogen-bond donors (Lipinski definition) is 2. The van der Waals surface area contributed by atoms with Gasteiger partial charge in [-0.25, -0.2) is 4.79 Å². The molecule has 0 atom stereocenters. The number of carbonyl (C=O) groups is 1. The van der Waals surface area contributed by atoms with Crippen molar-refractivity contribution >= 4 is 30.0 Å². The third-order valence-electron chi connectivity index (χ3n) is 4.45. The fraction of sp³-hybridized carbons (Fsp3) is 0.208. The average molecular weight is 462 g/mol. The van der Waals surface area contributed by atoms with Crippen molar-refractivity contribution in [2.45, 2.75) is 26.6 Å². The summed E-state index contributed by atoms with van der Waals surface area (Å²) >= 11 is 6.49. The molecule has 2 N–H and O–H groups in total. The molecule has 0 heterocycles. The predicted octanol–water partition coefficient (Wildman–Crippen LogP) is 5.73. The van der Waals surface area contributed by atoms with Crippen LogP contribution in [0.25, 0.3) is 0 Å². The summed E-state index contributed by atoms with van der Waals surface area (Å²) in [7, 11) is 0. The van der Waals surface area contributed by atoms with E-state index in [0.717, 1.165) is 16.7 Å². The highest BCUT2D eigenvalue weighted by Crippen LogP contribution is 2.37. The molecule has 0 aliphatic rings. The molecule has 3 rings (SSSR count). The standard InChI is InChI=1S/C24H24ClNO4.ClH/c1-2-29-22-13-19(15-26-14-17-8-10-20(11-9-17)24(27)28)12-21(25)23(22)30-16-18-6-4-3-5-7-18;/h3-13,26H,2,14-16H2,1H3,(H,27,28);1H. The molecule has 3 aromatic rings. The third kappa shape index (κ3) is 7.17. The number of hydrogen-bond acceptors (Lipinski definition) is 4. The van der Waals surface area contributed by atoms with Gasteiger partial charge in [0.25, 0.3) is 0 Å². The first-order valence-electron chi connectivity index (χ1n) is 9.71. The van der Waals surface area contributed by atoms with Gasteiger partial charge >= 0.3 is 5.97 Å². The van der Waals surface area contributed by atoms with Crippen LogP contribution in [0.4, 0.5) is 0 Å². The van der Waals surface area contributed by atoms with Crippen LogP contribution in [-0.2, 0) is 19.7 Å². The Balaban J connectivity index is 0.00000341. The number of benzene rings is 3. The molecule has 0 aromatic heterocycles. The van der Waals surface area contributed by atoms with E-state index >= 15 is 0 Å². The van der Waals surface area contributed by atoms with Crippen molar-refractivity contribution in [2.75, 3.05) is 6.61 Å². The normalized spacial score (nSPS) is 10.3. The van der Waals surface area contributed by atoms with Crippen LogP contribution < -0.4 is 14.8 Å². The van der Waals surface area contributed by atoms with Crippen LogP contribution in [0.5, 0.6) is 11.5 Å². The van der Waals surface area contributed by atoms with Crippen LogP contribution >= 0.6 is 24.0 Å². The first kappa shape index (κ1) is 24.5. The summed E-state index contributed by atoms with van der Waals surface area (Å²) in [5.41, 5.74) is 3.30. The Labute approximate surface area is 193 Å². The molecule has 3 aromatic carbocycles. The van der Waals surface area contributed by atoms with Crippen LogP contribution in [0.1, 0.15) is 34.0 Å². The number of ether oxygens (including phenoxy) is 2. The number of nitrogens with one attached hydrogen (secondary N) is 1. The van der Waals surface area contributed by atoms with E-state index in [9.17, 15) is 4.79 Å². The van der Waals surface area contributed by atoms with Gasteiger partial charge in [-0.1, -0.05) is 54.1 Å². The van der Waals surface area contributed by atoms with Crippen molar-refractivity contribution in [1.29, 1.82) is 0 Å². The molecule has 0 aliphatic heterocycles. The lowest BCUT2D eigenvalue weighted by Gasteiger charge is -2.16. The Morgan fingerprint density at radius 2 is 1.61 bits per heavy atom. The lowest BCUT2D eigenvalue weighted by Crippen LogP contribution is -2.13. The maximum absolute atomic E-state index is 10.9. The minimum absolute atomic E-state index is 0. The van der Waals surface area contributed by atoms with E-state index in [2.05, 4.69) is 5.32 Å². The van der Waals surface area contributed by atoms with Crippen LogP contribution in [0, 0.1) is 0 Å². The van der Waals surface area contributed by atoms with Crippen molar-refractivity contribution in [1.82, 2.24) is 5.32 Å². The van der Waals surface area contributed by atoms with Crippen molar-refractivity contribution in [3.8, 4) is 11.5 Å². The first-order chi connectivity index (χ1) is 14.6. The Hall–Kier alpha value is -2.73. The first-order valence-corrected chi connectivity index (χ1v) is 10.1. The molecule has 0 spiro atoms. The molecule has 7 heteroatoms. The fourth-order valence-electron chi connectivity index (χ4n) is 2.97. The van der Waals surface area contributed by atoms with E-state index in [4.69, 9.17) is 26.2 Å². The van der Waals surface area contributed by atoms with Gasteiger partial charge in [-0.15, -0.1) is 12.4 Å². The quantitative estimate of drug-likeness (QED) is 0.403. The van der Waals surface area contributed by atoms with E-state index in [1.54, 1.807) is 24.3 Å². The summed E-state index contributed by atoms with van der Waals surface area (Å²) < 4.78 is 11.7. The lowest BCUT2D eigenvalue weighted by atomic mass is 10.1. The molecule has 31 heavy (non-hydrogen) atoms. The lowest BCUT2D eigenvalue weighted by molar-refractivity contribution is 0.0697. The molecule has 0 saturated carbocycles. The number of aromatic carboxylic acids is 1. The van der Waals surface area contributed by atoms with E-state index < -0.39 is 5.97 Å². The number of rotatable bonds is 10. The molecule has 0 amide bonds. The Bertz CT molecular complexity index is 979. The monoisotopic (exact) mass is 461 g/mol. The molecule has 0 aliphatic carbocycles. The topological polar surface area (TPSA) is 67.8 Å². The largest absolute Gasteiger partial charge is 0.490 e. The van der Waals surface area contributed by atoms with E-state index in [0.29, 0.717) is 42.8 Å². The number of carboxylic acid groups (broad SMARTS) is 1. The highest BCUT2D eigenvalue weighted by atomic mass is 35.5. The van der Waals surface area contributed by atoms with Crippen LogP contribution in [0.3, 0.4) is 0 Å². The van der Waals surface area contributed by atoms with E-state index in [1.165, 1.54) is 0 Å². The Morgan fingerprint density at radius 1 is 0.935 bits per heavy atom. The molecule has 0 saturated heterocycles. The molecule has 0 bridgehead atoms. The molecule has 0 fully saturated rings. The Morgan fingerprint density at radius 3 is 2.26 bits per heavy atom. The van der Waals surface area contributed by atoms with Crippen molar-refractivity contribution in [3.63, 3.8) is 0 Å². The summed E-state index contributed by atoms with van der Waals surface area (Å²) in [5, 5.41) is 12.8. The summed E-state index contributed by atoms with van der Waals surface area (Å²) in [6.45, 7) is 4.02. The SMILES string of the molecule is CCOc1cc(CNCc2ccc(C(=O)O)cc2)cc(Cl)c1OCc1ccccc1.Cl. The minimum atomic E-state index is -0.929. The van der Waals surface area contributed by atoms with Gasteiger partial charge in [-0.05, 0) is 47.9 Å². The van der Waals surface area contributed by atoms with E-state index in [-0.39, 0.29) is 18.0 Å². The van der Waals surface area contributed by atoms with Crippen molar-refractivity contribution in [3.05, 3.63) is 94.0 Å². The maximum atomic E-state index is 10.9. The summed E-state index contributed by atoms with van der Waals surface area (Å²) in [4.78, 5) is 10.9. The summed E-state index contributed by atoms with van der Waals surface area (Å²) in [6.07, 6.45) is 0. The highest BCUT2D eigenvalue weighted by Gasteiger charge is 2.13. The van der Waals surface area contributed by atoms with Gasteiger partial charge in [-0.3, -0.25) is 0 Å². The van der Waals surface area contributed by atoms with Crippen molar-refractivity contribution < 1.29 is 19.4 Å². The maximum Gasteiger partial charge on any atom is 0.335 e. The van der Waals surface area contributed by atoms with Crippen LogP contribution in [0.2, 0.25) is 5.02 Å². The zero-order chi connectivity index (χ0) is 21.3. The predicted molar refractivity (Wildman–Crippen MR) is 125 cm³/mol. The van der Waals surface area contributed by atoms with Gasteiger partial charge in [0.15, 0.2) is 11.5 Å². The average Bonchev–Trinajstić information content (AvgIpc) is 2.74. The van der Waals surface area contributed by atoms with Crippen LogP contribution in [-0.4, -0.2) is 17.7 Å². The van der Waals surface area contributed by atoms with Gasteiger partial charge in [0.05, 0.1) is 17.2 Å². The highest BCUT2D eigenvalue weighted by molar-refractivity contribution is 6.32. The molecule has 164 valence electrons. The van der Waals surface area contributed by atoms with Crippen molar-refractivity contribution in [2.24, 2.45) is 0 Å². The van der Waals surface area contributed by atoms with Gasteiger partial charge in [-0.2, -0.15) is 0 Å². The third-order valence-corrected chi connectivity index (χ3v) is 4.74. The molecule has 0 radical (unpaired) electrons. The second-order valence-electron chi connectivity index (χ2n) is 6.72. The summed E-state index contributed by atoms with van der Waals surface area (Å²) in [5.74, 6) is 0.223. The second-order valence-corrected chi connectivity index (χ2v) is 7.13. The van der Waals surface area contributed by atoms with E-state index in [1.807, 2.05) is 49.4 Å². The van der Waals surface area contributed by atoms with Crippen LogP contribution in [0.15, 0.2) is 66.7 Å². The zero-order valence-corrected chi connectivity index (χ0v) is 18.7. The molecule has 0 unspecified atom stereocenters. The zero-order valence-electron chi connectivity index (χ0n) is 17.1. The number of halogens is 2. The minimum Gasteiger partial charge on any atom is -0.490 e. The van der Waals surface area contributed by atoms with Gasteiger partial charge in [0.2, 0.25) is 0 Å². The second kappa shape index (κ2) is 12.2. The smallest absolute Gasteiger partial charge is 0.335 e. The summed E-state index contributed by atoms with van der Waals surface area (Å²) in [6, 6.07) is 20.5. The van der Waals surface area contributed by atoms with Gasteiger partial charge in [0, 0.05) is 13.1 Å². The Kier molecular flexibility index (Phi) is 9.66. The number of carboxylic acids is 1. The molecular formula is C24H25Cl2NO4. The molecular weight excluding hydrogens is 437 g/mol. The fourth-order valence-corrected chi connectivity index (χ4v) is 3.26.